The maximum absolute atomic E-state index is 15.4. The Hall–Kier alpha value is -3.65. The van der Waals surface area contributed by atoms with E-state index < -0.39 is 17.3 Å². The number of tetrazole rings is 1. The number of halogens is 2. The third-order valence-electron chi connectivity index (χ3n) is 8.35. The lowest BCUT2D eigenvalue weighted by molar-refractivity contribution is 0.0500. The SMILES string of the molecule is CCN(CC)CCOc1cc(F)c(Nc2ncc(F)c(N[C@@H]3C[C@@H]4CCCN4C(C)(C)C3)n2)cc1-n1nnn(C)c1=O. The van der Waals surface area contributed by atoms with Crippen LogP contribution in [0.15, 0.2) is 23.1 Å². The third kappa shape index (κ3) is 6.24. The second-order valence-corrected chi connectivity index (χ2v) is 11.6. The smallest absolute Gasteiger partial charge is 0.368 e. The van der Waals surface area contributed by atoms with E-state index in [0.717, 1.165) is 54.5 Å². The lowest BCUT2D eigenvalue weighted by Crippen LogP contribution is -2.55. The van der Waals surface area contributed by atoms with Gasteiger partial charge in [0, 0.05) is 37.3 Å². The zero-order valence-corrected chi connectivity index (χ0v) is 24.9. The summed E-state index contributed by atoms with van der Waals surface area (Å²) < 4.78 is 38.2. The minimum absolute atomic E-state index is 0.00278. The largest absolute Gasteiger partial charge is 0.490 e. The van der Waals surface area contributed by atoms with Gasteiger partial charge in [0.05, 0.1) is 11.9 Å². The molecule has 12 nitrogen and oxygen atoms in total. The summed E-state index contributed by atoms with van der Waals surface area (Å²) in [7, 11) is 1.47. The molecule has 2 saturated heterocycles. The highest BCUT2D eigenvalue weighted by Gasteiger charge is 2.43. The standard InChI is InChI=1S/C28H40F2N10O2/c1-6-38(7-2)11-12-42-24-14-20(29)22(15-23(24)40-27(41)37(5)35-36-40)33-26-31-17-21(30)25(34-26)32-18-13-19-9-8-10-39(19)28(3,4)16-18/h14-15,17-19H,6-13,16H2,1-5H3,(H2,31,32,33,34)/t18-,19+/m1/s1. The Balaban J connectivity index is 1.39. The number of nitrogens with zero attached hydrogens (tertiary/aromatic N) is 8. The van der Waals surface area contributed by atoms with E-state index >= 15 is 4.39 Å². The Kier molecular flexibility index (Phi) is 8.73. The van der Waals surface area contributed by atoms with Gasteiger partial charge in [-0.15, -0.1) is 0 Å². The molecule has 2 atom stereocenters. The molecule has 1 aromatic carbocycles. The van der Waals surface area contributed by atoms with E-state index in [1.165, 1.54) is 25.6 Å². The number of likely N-dealkylation sites (N-methyl/N-ethyl adjacent to an activating group) is 1. The van der Waals surface area contributed by atoms with Gasteiger partial charge in [0.25, 0.3) is 0 Å². The van der Waals surface area contributed by atoms with Crippen molar-refractivity contribution in [1.29, 1.82) is 0 Å². The van der Waals surface area contributed by atoms with Gasteiger partial charge in [0.2, 0.25) is 5.95 Å². The molecule has 0 amide bonds. The molecule has 0 aliphatic carbocycles. The van der Waals surface area contributed by atoms with Crippen molar-refractivity contribution in [3.05, 3.63) is 40.4 Å². The van der Waals surface area contributed by atoms with E-state index in [0.29, 0.717) is 12.6 Å². The third-order valence-corrected chi connectivity index (χ3v) is 8.35. The molecule has 14 heteroatoms. The second kappa shape index (κ2) is 12.3. The van der Waals surface area contributed by atoms with Gasteiger partial charge in [-0.25, -0.2) is 18.6 Å². The molecule has 2 aliphatic heterocycles. The molecule has 0 bridgehead atoms. The fraction of sp³-hybridized carbons (Fsp3) is 0.607. The predicted molar refractivity (Wildman–Crippen MR) is 156 cm³/mol. The summed E-state index contributed by atoms with van der Waals surface area (Å²) >= 11 is 0. The number of ether oxygens (including phenoxy) is 1. The maximum atomic E-state index is 15.4. The zero-order chi connectivity index (χ0) is 30.0. The Morgan fingerprint density at radius 3 is 2.67 bits per heavy atom. The van der Waals surface area contributed by atoms with Crippen LogP contribution >= 0.6 is 0 Å². The molecule has 2 fully saturated rings. The molecule has 5 rings (SSSR count). The van der Waals surface area contributed by atoms with Crippen LogP contribution in [0.1, 0.15) is 53.4 Å². The monoisotopic (exact) mass is 586 g/mol. The van der Waals surface area contributed by atoms with Crippen molar-refractivity contribution in [2.24, 2.45) is 7.05 Å². The van der Waals surface area contributed by atoms with Gasteiger partial charge >= 0.3 is 5.69 Å². The van der Waals surface area contributed by atoms with E-state index in [9.17, 15) is 9.18 Å². The number of benzene rings is 1. The molecule has 2 aliphatic rings. The van der Waals surface area contributed by atoms with Crippen LogP contribution in [0, 0.1) is 11.6 Å². The van der Waals surface area contributed by atoms with E-state index in [4.69, 9.17) is 4.74 Å². The molecular formula is C28H40F2N10O2. The van der Waals surface area contributed by atoms with E-state index in [1.807, 2.05) is 13.8 Å². The molecule has 0 saturated carbocycles. The summed E-state index contributed by atoms with van der Waals surface area (Å²) in [5.74, 6) is -1.05. The first-order valence-electron chi connectivity index (χ1n) is 14.6. The van der Waals surface area contributed by atoms with Crippen molar-refractivity contribution >= 4 is 17.5 Å². The topological polar surface area (TPSA) is 118 Å². The molecule has 0 spiro atoms. The summed E-state index contributed by atoms with van der Waals surface area (Å²) in [5, 5.41) is 13.8. The van der Waals surface area contributed by atoms with Crippen LogP contribution in [0.2, 0.25) is 0 Å². The molecule has 3 aromatic rings. The minimum Gasteiger partial charge on any atom is -0.490 e. The van der Waals surface area contributed by atoms with Crippen LogP contribution in [0.3, 0.4) is 0 Å². The lowest BCUT2D eigenvalue weighted by atomic mass is 9.84. The van der Waals surface area contributed by atoms with Gasteiger partial charge in [0.15, 0.2) is 17.5 Å². The van der Waals surface area contributed by atoms with Crippen LogP contribution in [-0.4, -0.2) is 90.0 Å². The fourth-order valence-corrected chi connectivity index (χ4v) is 6.17. The molecule has 42 heavy (non-hydrogen) atoms. The van der Waals surface area contributed by atoms with Crippen molar-refractivity contribution in [1.82, 2.24) is 39.6 Å². The number of hydrogen-bond acceptors (Lipinski definition) is 10. The molecule has 228 valence electrons. The summed E-state index contributed by atoms with van der Waals surface area (Å²) in [5.41, 5.74) is -0.365. The van der Waals surface area contributed by atoms with Gasteiger partial charge in [0.1, 0.15) is 18.0 Å². The Labute approximate surface area is 244 Å². The first-order valence-corrected chi connectivity index (χ1v) is 14.6. The number of anilines is 3. The molecular weight excluding hydrogens is 546 g/mol. The van der Waals surface area contributed by atoms with Gasteiger partial charge in [-0.05, 0) is 75.7 Å². The Bertz CT molecular complexity index is 1450. The Morgan fingerprint density at radius 1 is 1.17 bits per heavy atom. The lowest BCUT2D eigenvalue weighted by Gasteiger charge is -2.47. The van der Waals surface area contributed by atoms with Crippen LogP contribution in [0.5, 0.6) is 5.75 Å². The highest BCUT2D eigenvalue weighted by molar-refractivity contribution is 5.63. The van der Waals surface area contributed by atoms with Crippen molar-refractivity contribution in [3.63, 3.8) is 0 Å². The average molecular weight is 587 g/mol. The molecule has 0 unspecified atom stereocenters. The molecule has 2 aromatic heterocycles. The van der Waals surface area contributed by atoms with Crippen molar-refractivity contribution in [2.45, 2.75) is 71.0 Å². The predicted octanol–water partition coefficient (Wildman–Crippen LogP) is 3.32. The summed E-state index contributed by atoms with van der Waals surface area (Å²) in [6.45, 7) is 12.2. The van der Waals surface area contributed by atoms with E-state index in [-0.39, 0.29) is 47.1 Å². The fourth-order valence-electron chi connectivity index (χ4n) is 6.17. The summed E-state index contributed by atoms with van der Waals surface area (Å²) in [4.78, 5) is 25.8. The van der Waals surface area contributed by atoms with Gasteiger partial charge in [-0.1, -0.05) is 13.8 Å². The van der Waals surface area contributed by atoms with Crippen molar-refractivity contribution in [2.75, 3.05) is 43.4 Å². The molecule has 2 N–H and O–H groups in total. The van der Waals surface area contributed by atoms with Gasteiger partial charge < -0.3 is 20.3 Å². The van der Waals surface area contributed by atoms with E-state index in [2.05, 4.69) is 54.7 Å². The number of aromatic nitrogens is 6. The van der Waals surface area contributed by atoms with Gasteiger partial charge in [-0.3, -0.25) is 4.90 Å². The number of hydrogen-bond donors (Lipinski definition) is 2. The second-order valence-electron chi connectivity index (χ2n) is 11.6. The number of piperidine rings is 1. The minimum atomic E-state index is -0.661. The van der Waals surface area contributed by atoms with Crippen molar-refractivity contribution in [3.8, 4) is 11.4 Å². The highest BCUT2D eigenvalue weighted by atomic mass is 19.1. The molecule has 0 radical (unpaired) electrons. The number of aryl methyl sites for hydroxylation is 1. The first kappa shape index (κ1) is 29.8. The number of rotatable bonds is 11. The summed E-state index contributed by atoms with van der Waals surface area (Å²) in [6.07, 6.45) is 5.10. The first-order chi connectivity index (χ1) is 20.1. The average Bonchev–Trinajstić information content (AvgIpc) is 3.56. The van der Waals surface area contributed by atoms with Crippen LogP contribution in [-0.2, 0) is 7.05 Å². The normalized spacial score (nSPS) is 20.1. The number of nitrogens with one attached hydrogen (secondary N) is 2. The maximum Gasteiger partial charge on any atom is 0.368 e. The molecule has 4 heterocycles. The van der Waals surface area contributed by atoms with Crippen LogP contribution in [0.4, 0.5) is 26.2 Å². The zero-order valence-electron chi connectivity index (χ0n) is 24.9. The quantitative estimate of drug-likeness (QED) is 0.347. The highest BCUT2D eigenvalue weighted by Crippen LogP contribution is 2.38. The van der Waals surface area contributed by atoms with Crippen molar-refractivity contribution < 1.29 is 13.5 Å². The van der Waals surface area contributed by atoms with Crippen LogP contribution in [0.25, 0.3) is 5.69 Å². The van der Waals surface area contributed by atoms with Crippen LogP contribution < -0.4 is 21.1 Å². The summed E-state index contributed by atoms with van der Waals surface area (Å²) in [6, 6.07) is 3.06. The number of fused-ring (bicyclic) bond motifs is 1. The Morgan fingerprint density at radius 2 is 1.95 bits per heavy atom. The van der Waals surface area contributed by atoms with E-state index in [1.54, 1.807) is 0 Å². The van der Waals surface area contributed by atoms with Gasteiger partial charge in [-0.2, -0.15) is 14.3 Å².